The molecule has 1 aliphatic carbocycles. The summed E-state index contributed by atoms with van der Waals surface area (Å²) >= 11 is 2.43. The number of benzene rings is 1. The molecule has 0 bridgehead atoms. The van der Waals surface area contributed by atoms with Gasteiger partial charge in [-0.3, -0.25) is 0 Å². The average Bonchev–Trinajstić information content (AvgIpc) is 2.31. The molecule has 18 heavy (non-hydrogen) atoms. The Hall–Kier alpha value is -0.350. The van der Waals surface area contributed by atoms with E-state index in [1.54, 1.807) is 0 Å². The molecule has 2 N–H and O–H groups in total. The van der Waals surface area contributed by atoms with Crippen LogP contribution in [0.5, 0.6) is 0 Å². The van der Waals surface area contributed by atoms with Crippen molar-refractivity contribution in [3.8, 4) is 0 Å². The molecular formula is C16H22IN. The van der Waals surface area contributed by atoms with Crippen molar-refractivity contribution in [2.45, 2.75) is 51.5 Å². The minimum absolute atomic E-state index is 0.0925. The molecule has 1 unspecified atom stereocenters. The maximum absolute atomic E-state index is 6.49. The van der Waals surface area contributed by atoms with Gasteiger partial charge < -0.3 is 5.73 Å². The van der Waals surface area contributed by atoms with Crippen LogP contribution in [0.25, 0.3) is 0 Å². The molecule has 2 rings (SSSR count). The molecule has 2 heteroatoms. The summed E-state index contributed by atoms with van der Waals surface area (Å²) in [6.07, 6.45) is 10.1. The zero-order chi connectivity index (χ0) is 13.0. The fraction of sp³-hybridized carbons (Fsp3) is 0.500. The summed E-state index contributed by atoms with van der Waals surface area (Å²) in [5, 5.41) is 0. The van der Waals surface area contributed by atoms with Crippen LogP contribution in [0.15, 0.2) is 29.8 Å². The van der Waals surface area contributed by atoms with E-state index in [1.165, 1.54) is 58.8 Å². The molecule has 1 aromatic rings. The Balaban J connectivity index is 2.23. The molecule has 1 aliphatic rings. The van der Waals surface area contributed by atoms with Gasteiger partial charge in [-0.15, -0.1) is 0 Å². The van der Waals surface area contributed by atoms with Crippen LogP contribution in [-0.2, 0) is 0 Å². The van der Waals surface area contributed by atoms with E-state index in [0.29, 0.717) is 0 Å². The molecular weight excluding hydrogens is 333 g/mol. The molecule has 0 heterocycles. The second-order valence-electron chi connectivity index (χ2n) is 5.19. The van der Waals surface area contributed by atoms with Gasteiger partial charge in [0.15, 0.2) is 0 Å². The zero-order valence-electron chi connectivity index (χ0n) is 11.1. The van der Waals surface area contributed by atoms with E-state index in [0.717, 1.165) is 0 Å². The third kappa shape index (κ3) is 3.35. The second-order valence-corrected chi connectivity index (χ2v) is 6.27. The number of hydrogen-bond acceptors (Lipinski definition) is 1. The molecule has 98 valence electrons. The Kier molecular flexibility index (Phi) is 5.25. The van der Waals surface area contributed by atoms with Crippen LogP contribution < -0.4 is 5.73 Å². The first-order chi connectivity index (χ1) is 8.70. The lowest BCUT2D eigenvalue weighted by molar-refractivity contribution is 0.602. The van der Waals surface area contributed by atoms with E-state index >= 15 is 0 Å². The lowest BCUT2D eigenvalue weighted by Crippen LogP contribution is -2.16. The third-order valence-corrected chi connectivity index (χ3v) is 5.26. The van der Waals surface area contributed by atoms with Crippen LogP contribution in [0.3, 0.4) is 0 Å². The highest BCUT2D eigenvalue weighted by molar-refractivity contribution is 14.1. The summed E-state index contributed by atoms with van der Waals surface area (Å²) in [5.41, 5.74) is 10.6. The molecule has 1 aromatic carbocycles. The highest BCUT2D eigenvalue weighted by Crippen LogP contribution is 2.30. The fourth-order valence-corrected chi connectivity index (χ4v) is 3.30. The van der Waals surface area contributed by atoms with Gasteiger partial charge in [-0.25, -0.2) is 0 Å². The van der Waals surface area contributed by atoms with Crippen LogP contribution in [0.4, 0.5) is 0 Å². The minimum Gasteiger partial charge on any atom is -0.321 e. The largest absolute Gasteiger partial charge is 0.321 e. The quantitative estimate of drug-likeness (QED) is 0.594. The van der Waals surface area contributed by atoms with Crippen molar-refractivity contribution in [1.82, 2.24) is 0 Å². The zero-order valence-corrected chi connectivity index (χ0v) is 13.2. The average molecular weight is 355 g/mol. The van der Waals surface area contributed by atoms with E-state index < -0.39 is 0 Å². The Morgan fingerprint density at radius 1 is 1.17 bits per heavy atom. The molecule has 1 nitrogen and oxygen atoms in total. The number of hydrogen-bond donors (Lipinski definition) is 1. The first-order valence-electron chi connectivity index (χ1n) is 6.89. The van der Waals surface area contributed by atoms with Crippen molar-refractivity contribution in [1.29, 1.82) is 0 Å². The number of aryl methyl sites for hydroxylation is 1. The van der Waals surface area contributed by atoms with Crippen molar-refractivity contribution in [2.24, 2.45) is 5.73 Å². The summed E-state index contributed by atoms with van der Waals surface area (Å²) in [6, 6.07) is 6.55. The highest BCUT2D eigenvalue weighted by Gasteiger charge is 2.16. The Bertz CT molecular complexity index is 437. The van der Waals surface area contributed by atoms with Crippen molar-refractivity contribution >= 4 is 22.6 Å². The van der Waals surface area contributed by atoms with Crippen molar-refractivity contribution in [3.63, 3.8) is 0 Å². The van der Waals surface area contributed by atoms with Gasteiger partial charge >= 0.3 is 0 Å². The van der Waals surface area contributed by atoms with Crippen molar-refractivity contribution < 1.29 is 0 Å². The van der Waals surface area contributed by atoms with Crippen LogP contribution in [-0.4, -0.2) is 0 Å². The molecule has 0 saturated heterocycles. The number of allylic oxidation sites excluding steroid dienone is 1. The minimum atomic E-state index is 0.0925. The van der Waals surface area contributed by atoms with Gasteiger partial charge in [0, 0.05) is 3.57 Å². The lowest BCUT2D eigenvalue weighted by atomic mass is 9.91. The number of rotatable bonds is 2. The number of nitrogens with two attached hydrogens (primary N) is 1. The summed E-state index contributed by atoms with van der Waals surface area (Å²) in [4.78, 5) is 0. The van der Waals surface area contributed by atoms with Crippen LogP contribution >= 0.6 is 22.6 Å². The number of halogens is 1. The Morgan fingerprint density at radius 3 is 2.78 bits per heavy atom. The van der Waals surface area contributed by atoms with E-state index in [9.17, 15) is 0 Å². The first-order valence-corrected chi connectivity index (χ1v) is 7.97. The summed E-state index contributed by atoms with van der Waals surface area (Å²) < 4.78 is 1.32. The highest BCUT2D eigenvalue weighted by atomic mass is 127. The van der Waals surface area contributed by atoms with Crippen molar-refractivity contribution in [2.75, 3.05) is 0 Å². The van der Waals surface area contributed by atoms with Gasteiger partial charge in [0.05, 0.1) is 6.04 Å². The normalized spacial score (nSPS) is 21.6. The maximum Gasteiger partial charge on any atom is 0.0521 e. The van der Waals surface area contributed by atoms with E-state index in [4.69, 9.17) is 5.73 Å². The van der Waals surface area contributed by atoms with Crippen LogP contribution in [0.1, 0.15) is 55.7 Å². The van der Waals surface area contributed by atoms with Crippen LogP contribution in [0.2, 0.25) is 0 Å². The predicted octanol–water partition coefficient (Wildman–Crippen LogP) is 4.88. The van der Waals surface area contributed by atoms with Gasteiger partial charge in [0.25, 0.3) is 0 Å². The Labute approximate surface area is 124 Å². The molecule has 0 amide bonds. The Morgan fingerprint density at radius 2 is 1.94 bits per heavy atom. The predicted molar refractivity (Wildman–Crippen MR) is 86.6 cm³/mol. The van der Waals surface area contributed by atoms with Gasteiger partial charge in [0.2, 0.25) is 0 Å². The molecule has 0 spiro atoms. The van der Waals surface area contributed by atoms with E-state index in [2.05, 4.69) is 53.8 Å². The first kappa shape index (κ1) is 14.1. The fourth-order valence-electron chi connectivity index (χ4n) is 2.61. The summed E-state index contributed by atoms with van der Waals surface area (Å²) in [6.45, 7) is 2.16. The third-order valence-electron chi connectivity index (χ3n) is 3.78. The summed E-state index contributed by atoms with van der Waals surface area (Å²) in [7, 11) is 0. The SMILES string of the molecule is Cc1cccc(C(N)/C2=C/CCCCCC2)c1I. The van der Waals surface area contributed by atoms with Crippen molar-refractivity contribution in [3.05, 3.63) is 44.5 Å². The topological polar surface area (TPSA) is 26.0 Å². The van der Waals surface area contributed by atoms with Gasteiger partial charge in [-0.05, 0) is 66.3 Å². The van der Waals surface area contributed by atoms with E-state index in [1.807, 2.05) is 0 Å². The molecule has 1 atom stereocenters. The summed E-state index contributed by atoms with van der Waals surface area (Å²) in [5.74, 6) is 0. The van der Waals surface area contributed by atoms with Gasteiger partial charge in [-0.2, -0.15) is 0 Å². The smallest absolute Gasteiger partial charge is 0.0521 e. The van der Waals surface area contributed by atoms with Gasteiger partial charge in [0.1, 0.15) is 0 Å². The van der Waals surface area contributed by atoms with E-state index in [-0.39, 0.29) is 6.04 Å². The van der Waals surface area contributed by atoms with Crippen LogP contribution in [0, 0.1) is 10.5 Å². The lowest BCUT2D eigenvalue weighted by Gasteiger charge is -2.20. The monoisotopic (exact) mass is 355 g/mol. The molecule has 0 saturated carbocycles. The molecule has 0 radical (unpaired) electrons. The molecule has 0 fully saturated rings. The van der Waals surface area contributed by atoms with Gasteiger partial charge in [-0.1, -0.05) is 42.7 Å². The maximum atomic E-state index is 6.49. The molecule has 0 aromatic heterocycles. The second kappa shape index (κ2) is 6.71. The standard InChI is InChI=1S/C16H22IN/c1-12-8-7-11-14(15(12)17)16(18)13-9-5-3-2-4-6-10-13/h7-9,11,16H,2-6,10,18H2,1H3/b13-9+. The molecule has 0 aliphatic heterocycles.